The number of hydrogen-bond acceptors (Lipinski definition) is 5. The fraction of sp³-hybridized carbons (Fsp3) is 0.150. The number of benzene rings is 2. The Morgan fingerprint density at radius 1 is 1.15 bits per heavy atom. The van der Waals surface area contributed by atoms with Crippen molar-refractivity contribution in [3.8, 4) is 5.88 Å². The van der Waals surface area contributed by atoms with Gasteiger partial charge in [0.2, 0.25) is 5.88 Å². The van der Waals surface area contributed by atoms with Crippen molar-refractivity contribution in [1.29, 1.82) is 0 Å². The number of hydrogen-bond donors (Lipinski definition) is 3. The molecule has 0 spiro atoms. The molecule has 0 amide bonds. The predicted octanol–water partition coefficient (Wildman–Crippen LogP) is 4.52. The van der Waals surface area contributed by atoms with Gasteiger partial charge in [-0.25, -0.2) is 0 Å². The van der Waals surface area contributed by atoms with Gasteiger partial charge in [-0.2, -0.15) is 0 Å². The van der Waals surface area contributed by atoms with E-state index in [4.69, 9.17) is 12.2 Å². The maximum absolute atomic E-state index is 12.1. The van der Waals surface area contributed by atoms with Crippen LogP contribution >= 0.6 is 12.2 Å². The highest BCUT2D eigenvalue weighted by Crippen LogP contribution is 2.20. The Morgan fingerprint density at radius 2 is 1.81 bits per heavy atom. The van der Waals surface area contributed by atoms with E-state index in [0.717, 1.165) is 17.8 Å². The molecule has 0 saturated heterocycles. The smallest absolute Gasteiger partial charge is 0.264 e. The van der Waals surface area contributed by atoms with E-state index in [9.17, 15) is 9.90 Å². The molecule has 7 heteroatoms. The molecule has 27 heavy (non-hydrogen) atoms. The van der Waals surface area contributed by atoms with Crippen LogP contribution in [0.4, 0.5) is 17.1 Å². The number of aliphatic imine (C=N–C) groups is 1. The van der Waals surface area contributed by atoms with Crippen molar-refractivity contribution < 1.29 is 5.11 Å². The van der Waals surface area contributed by atoms with Crippen LogP contribution in [0.2, 0.25) is 0 Å². The van der Waals surface area contributed by atoms with Crippen molar-refractivity contribution in [2.24, 2.45) is 4.99 Å². The fourth-order valence-electron chi connectivity index (χ4n) is 2.58. The summed E-state index contributed by atoms with van der Waals surface area (Å²) in [5, 5.41) is 13.6. The van der Waals surface area contributed by atoms with Gasteiger partial charge in [-0.05, 0) is 55.0 Å². The lowest BCUT2D eigenvalue weighted by Gasteiger charge is -2.09. The SMILES string of the molecule is CCCn1c(O)c(C=Nc2ccc(Nc3ccccc3)cc2)c(=O)[nH]c1=S. The molecule has 0 fully saturated rings. The number of para-hydroxylation sites is 1. The van der Waals surface area contributed by atoms with Gasteiger partial charge in [-0.3, -0.25) is 19.3 Å². The Bertz CT molecular complexity index is 1050. The normalized spacial score (nSPS) is 11.0. The largest absolute Gasteiger partial charge is 0.494 e. The Balaban J connectivity index is 1.81. The topological polar surface area (TPSA) is 82.4 Å². The first-order valence-corrected chi connectivity index (χ1v) is 9.01. The summed E-state index contributed by atoms with van der Waals surface area (Å²) in [6.45, 7) is 2.48. The zero-order valence-electron chi connectivity index (χ0n) is 14.8. The highest BCUT2D eigenvalue weighted by molar-refractivity contribution is 7.71. The summed E-state index contributed by atoms with van der Waals surface area (Å²) in [4.78, 5) is 19.0. The van der Waals surface area contributed by atoms with Crippen LogP contribution in [0.3, 0.4) is 0 Å². The Hall–Kier alpha value is -3.19. The maximum Gasteiger partial charge on any atom is 0.264 e. The van der Waals surface area contributed by atoms with E-state index < -0.39 is 5.56 Å². The third kappa shape index (κ3) is 4.51. The van der Waals surface area contributed by atoms with Crippen LogP contribution in [0, 0.1) is 4.77 Å². The van der Waals surface area contributed by atoms with Gasteiger partial charge in [0.05, 0.1) is 5.69 Å². The molecular weight excluding hydrogens is 360 g/mol. The minimum Gasteiger partial charge on any atom is -0.494 e. The summed E-state index contributed by atoms with van der Waals surface area (Å²) in [6, 6.07) is 17.3. The first-order chi connectivity index (χ1) is 13.1. The number of rotatable bonds is 6. The van der Waals surface area contributed by atoms with E-state index in [2.05, 4.69) is 15.3 Å². The summed E-state index contributed by atoms with van der Waals surface area (Å²) in [7, 11) is 0. The second kappa shape index (κ2) is 8.46. The number of nitrogens with one attached hydrogen (secondary N) is 2. The van der Waals surface area contributed by atoms with E-state index in [1.165, 1.54) is 10.8 Å². The van der Waals surface area contributed by atoms with Gasteiger partial charge in [0.15, 0.2) is 4.77 Å². The highest BCUT2D eigenvalue weighted by Gasteiger charge is 2.10. The lowest BCUT2D eigenvalue weighted by atomic mass is 10.2. The first kappa shape index (κ1) is 18.6. The fourth-order valence-corrected chi connectivity index (χ4v) is 2.85. The molecule has 1 aromatic heterocycles. The Morgan fingerprint density at radius 3 is 2.48 bits per heavy atom. The van der Waals surface area contributed by atoms with Gasteiger partial charge in [0.1, 0.15) is 5.56 Å². The summed E-state index contributed by atoms with van der Waals surface area (Å²) in [5.41, 5.74) is 2.21. The van der Waals surface area contributed by atoms with Crippen LogP contribution in [0.1, 0.15) is 18.9 Å². The molecular formula is C20H20N4O2S. The molecule has 3 aromatic rings. The molecule has 0 radical (unpaired) electrons. The van der Waals surface area contributed by atoms with Gasteiger partial charge in [-0.15, -0.1) is 0 Å². The van der Waals surface area contributed by atoms with E-state index >= 15 is 0 Å². The second-order valence-corrected chi connectivity index (χ2v) is 6.33. The summed E-state index contributed by atoms with van der Waals surface area (Å²) >= 11 is 5.09. The summed E-state index contributed by atoms with van der Waals surface area (Å²) < 4.78 is 1.69. The minimum absolute atomic E-state index is 0.0866. The van der Waals surface area contributed by atoms with Crippen LogP contribution < -0.4 is 10.9 Å². The second-order valence-electron chi connectivity index (χ2n) is 5.94. The van der Waals surface area contributed by atoms with E-state index in [1.54, 1.807) is 0 Å². The minimum atomic E-state index is -0.462. The van der Waals surface area contributed by atoms with Crippen molar-refractivity contribution in [2.45, 2.75) is 19.9 Å². The van der Waals surface area contributed by atoms with Crippen LogP contribution in [-0.2, 0) is 6.54 Å². The first-order valence-electron chi connectivity index (χ1n) is 8.60. The lowest BCUT2D eigenvalue weighted by Crippen LogP contribution is -2.18. The molecule has 0 saturated carbocycles. The molecule has 0 bridgehead atoms. The van der Waals surface area contributed by atoms with Crippen LogP contribution in [0.5, 0.6) is 5.88 Å². The molecule has 0 aliphatic rings. The Kier molecular flexibility index (Phi) is 5.83. The standard InChI is InChI=1S/C20H20N4O2S/c1-2-12-24-19(26)17(18(25)23-20(24)27)13-21-14-8-10-16(11-9-14)22-15-6-4-3-5-7-15/h3-11,13,22,26H,2,12H2,1H3,(H,23,25,27). The van der Waals surface area contributed by atoms with Crippen molar-refractivity contribution in [3.63, 3.8) is 0 Å². The van der Waals surface area contributed by atoms with Crippen molar-refractivity contribution in [2.75, 3.05) is 5.32 Å². The number of anilines is 2. The Labute approximate surface area is 161 Å². The zero-order valence-corrected chi connectivity index (χ0v) is 15.7. The predicted molar refractivity (Wildman–Crippen MR) is 111 cm³/mol. The number of H-pyrrole nitrogens is 1. The van der Waals surface area contributed by atoms with Gasteiger partial charge < -0.3 is 10.4 Å². The lowest BCUT2D eigenvalue weighted by molar-refractivity contribution is 0.402. The van der Waals surface area contributed by atoms with Crippen LogP contribution in [0.25, 0.3) is 0 Å². The van der Waals surface area contributed by atoms with Crippen molar-refractivity contribution in [1.82, 2.24) is 9.55 Å². The molecule has 2 aromatic carbocycles. The maximum atomic E-state index is 12.1. The number of aromatic hydroxyl groups is 1. The molecule has 138 valence electrons. The highest BCUT2D eigenvalue weighted by atomic mass is 32.1. The van der Waals surface area contributed by atoms with Gasteiger partial charge in [-0.1, -0.05) is 25.1 Å². The molecule has 6 nitrogen and oxygen atoms in total. The van der Waals surface area contributed by atoms with E-state index in [0.29, 0.717) is 12.2 Å². The number of nitrogens with zero attached hydrogens (tertiary/aromatic N) is 2. The number of aromatic amines is 1. The quantitative estimate of drug-likeness (QED) is 0.434. The molecule has 0 unspecified atom stereocenters. The van der Waals surface area contributed by atoms with Crippen molar-refractivity contribution >= 4 is 35.5 Å². The average Bonchev–Trinajstić information content (AvgIpc) is 2.67. The molecule has 3 rings (SSSR count). The van der Waals surface area contributed by atoms with E-state index in [-0.39, 0.29) is 16.2 Å². The van der Waals surface area contributed by atoms with Crippen molar-refractivity contribution in [3.05, 3.63) is 75.3 Å². The average molecular weight is 380 g/mol. The third-order valence-electron chi connectivity index (χ3n) is 3.93. The third-order valence-corrected chi connectivity index (χ3v) is 4.25. The van der Waals surface area contributed by atoms with E-state index in [1.807, 2.05) is 61.5 Å². The van der Waals surface area contributed by atoms with Crippen LogP contribution in [-0.4, -0.2) is 20.9 Å². The van der Waals surface area contributed by atoms with Gasteiger partial charge >= 0.3 is 0 Å². The van der Waals surface area contributed by atoms with Crippen LogP contribution in [0.15, 0.2) is 64.4 Å². The molecule has 3 N–H and O–H groups in total. The molecule has 0 aliphatic heterocycles. The van der Waals surface area contributed by atoms with Gasteiger partial charge in [0, 0.05) is 24.1 Å². The molecule has 1 heterocycles. The summed E-state index contributed by atoms with van der Waals surface area (Å²) in [6.07, 6.45) is 2.13. The molecule has 0 aliphatic carbocycles. The van der Waals surface area contributed by atoms with Gasteiger partial charge in [0.25, 0.3) is 5.56 Å². The monoisotopic (exact) mass is 380 g/mol. The molecule has 0 atom stereocenters. The summed E-state index contributed by atoms with van der Waals surface area (Å²) in [5.74, 6) is -0.170. The zero-order chi connectivity index (χ0) is 19.2. The number of aromatic nitrogens is 2.